The first-order valence-electron chi connectivity index (χ1n) is 4.83. The van der Waals surface area contributed by atoms with Crippen molar-refractivity contribution in [1.82, 2.24) is 4.98 Å². The molecule has 0 atom stereocenters. The Hall–Kier alpha value is -2.10. The molecule has 0 aliphatic heterocycles. The maximum Gasteiger partial charge on any atom is 0.307 e. The van der Waals surface area contributed by atoms with Crippen LogP contribution in [-0.4, -0.2) is 23.2 Å². The fourth-order valence-electron chi connectivity index (χ4n) is 1.55. The van der Waals surface area contributed by atoms with Crippen molar-refractivity contribution in [3.63, 3.8) is 0 Å². The zero-order valence-corrected chi connectivity index (χ0v) is 8.80. The van der Waals surface area contributed by atoms with Crippen LogP contribution in [0.5, 0.6) is 5.75 Å². The third-order valence-electron chi connectivity index (χ3n) is 2.30. The predicted octanol–water partition coefficient (Wildman–Crippen LogP) is 1.87. The highest BCUT2D eigenvalue weighted by Gasteiger charge is 2.03. The monoisotopic (exact) mass is 217 g/mol. The quantitative estimate of drug-likeness (QED) is 0.852. The summed E-state index contributed by atoms with van der Waals surface area (Å²) in [7, 11) is 1.59. The number of fused-ring (bicyclic) bond motifs is 1. The largest absolute Gasteiger partial charge is 0.497 e. The van der Waals surface area contributed by atoms with E-state index in [1.807, 2.05) is 24.3 Å². The van der Waals surface area contributed by atoms with Crippen LogP contribution < -0.4 is 4.74 Å². The van der Waals surface area contributed by atoms with Crippen LogP contribution in [0.25, 0.3) is 10.9 Å². The van der Waals surface area contributed by atoms with Gasteiger partial charge in [-0.3, -0.25) is 9.78 Å². The number of hydrogen-bond acceptors (Lipinski definition) is 3. The number of aromatic nitrogens is 1. The Morgan fingerprint density at radius 3 is 2.94 bits per heavy atom. The summed E-state index contributed by atoms with van der Waals surface area (Å²) in [5.41, 5.74) is 1.52. The summed E-state index contributed by atoms with van der Waals surface area (Å²) in [4.78, 5) is 14.8. The van der Waals surface area contributed by atoms with Gasteiger partial charge in [0.25, 0.3) is 0 Å². The number of hydrogen-bond donors (Lipinski definition) is 1. The Morgan fingerprint density at radius 1 is 1.44 bits per heavy atom. The van der Waals surface area contributed by atoms with Crippen LogP contribution in [-0.2, 0) is 11.2 Å². The molecule has 0 saturated carbocycles. The van der Waals surface area contributed by atoms with E-state index in [9.17, 15) is 4.79 Å². The van der Waals surface area contributed by atoms with E-state index >= 15 is 0 Å². The number of nitrogens with zero attached hydrogens (tertiary/aromatic N) is 1. The zero-order valence-electron chi connectivity index (χ0n) is 8.80. The van der Waals surface area contributed by atoms with Gasteiger partial charge >= 0.3 is 5.97 Å². The minimum atomic E-state index is -0.857. The molecule has 4 nitrogen and oxygen atoms in total. The molecule has 0 aliphatic rings. The molecular weight excluding hydrogens is 206 g/mol. The summed E-state index contributed by atoms with van der Waals surface area (Å²) in [6.45, 7) is 0. The Bertz CT molecular complexity index is 537. The highest BCUT2D eigenvalue weighted by atomic mass is 16.5. The lowest BCUT2D eigenvalue weighted by molar-refractivity contribution is -0.136. The van der Waals surface area contributed by atoms with E-state index < -0.39 is 5.97 Å². The zero-order chi connectivity index (χ0) is 11.5. The standard InChI is InChI=1S/C12H11NO3/c1-16-10-2-3-11-9(6-10)4-8(7-13-11)5-12(14)15/h2-4,6-7H,5H2,1H3,(H,14,15). The highest BCUT2D eigenvalue weighted by molar-refractivity contribution is 5.81. The maximum atomic E-state index is 10.6. The summed E-state index contributed by atoms with van der Waals surface area (Å²) in [6.07, 6.45) is 1.57. The minimum Gasteiger partial charge on any atom is -0.497 e. The lowest BCUT2D eigenvalue weighted by Crippen LogP contribution is -2.00. The van der Waals surface area contributed by atoms with Gasteiger partial charge in [0.15, 0.2) is 0 Å². The number of pyridine rings is 1. The molecule has 0 bridgehead atoms. The number of ether oxygens (including phenoxy) is 1. The van der Waals surface area contributed by atoms with Crippen molar-refractivity contribution < 1.29 is 14.6 Å². The van der Waals surface area contributed by atoms with Gasteiger partial charge in [-0.2, -0.15) is 0 Å². The average Bonchev–Trinajstić information content (AvgIpc) is 2.27. The van der Waals surface area contributed by atoms with Crippen molar-refractivity contribution >= 4 is 16.9 Å². The van der Waals surface area contributed by atoms with E-state index in [0.29, 0.717) is 5.56 Å². The first kappa shape index (κ1) is 10.4. The van der Waals surface area contributed by atoms with Gasteiger partial charge in [-0.25, -0.2) is 0 Å². The molecule has 2 aromatic rings. The number of benzene rings is 1. The van der Waals surface area contributed by atoms with Gasteiger partial charge in [-0.05, 0) is 29.8 Å². The van der Waals surface area contributed by atoms with E-state index in [4.69, 9.17) is 9.84 Å². The van der Waals surface area contributed by atoms with Crippen LogP contribution in [0, 0.1) is 0 Å². The van der Waals surface area contributed by atoms with Crippen molar-refractivity contribution in [2.45, 2.75) is 6.42 Å². The second-order valence-electron chi connectivity index (χ2n) is 3.47. The van der Waals surface area contributed by atoms with Crippen LogP contribution in [0.1, 0.15) is 5.56 Å². The van der Waals surface area contributed by atoms with E-state index in [1.54, 1.807) is 13.3 Å². The second-order valence-corrected chi connectivity index (χ2v) is 3.47. The molecule has 0 amide bonds. The van der Waals surface area contributed by atoms with Crippen LogP contribution in [0.15, 0.2) is 30.5 Å². The van der Waals surface area contributed by atoms with Gasteiger partial charge < -0.3 is 9.84 Å². The Morgan fingerprint density at radius 2 is 2.25 bits per heavy atom. The molecule has 1 heterocycles. The van der Waals surface area contributed by atoms with Gasteiger partial charge in [-0.15, -0.1) is 0 Å². The van der Waals surface area contributed by atoms with Gasteiger partial charge in [0.2, 0.25) is 0 Å². The van der Waals surface area contributed by atoms with E-state index in [1.165, 1.54) is 0 Å². The Kier molecular flexibility index (Phi) is 2.72. The lowest BCUT2D eigenvalue weighted by Gasteiger charge is -2.03. The van der Waals surface area contributed by atoms with Crippen molar-refractivity contribution in [3.05, 3.63) is 36.0 Å². The molecule has 1 aromatic carbocycles. The first-order chi connectivity index (χ1) is 7.69. The molecule has 0 fully saturated rings. The number of carbonyl (C=O) groups is 1. The average molecular weight is 217 g/mol. The van der Waals surface area contributed by atoms with Gasteiger partial charge in [0.1, 0.15) is 5.75 Å². The molecular formula is C12H11NO3. The summed E-state index contributed by atoms with van der Waals surface area (Å²) in [6, 6.07) is 7.33. The third-order valence-corrected chi connectivity index (χ3v) is 2.30. The fraction of sp³-hybridized carbons (Fsp3) is 0.167. The van der Waals surface area contributed by atoms with Gasteiger partial charge in [-0.1, -0.05) is 0 Å². The molecule has 1 N–H and O–H groups in total. The van der Waals surface area contributed by atoms with Crippen molar-refractivity contribution in [3.8, 4) is 5.75 Å². The number of rotatable bonds is 3. The van der Waals surface area contributed by atoms with Crippen LogP contribution >= 0.6 is 0 Å². The number of methoxy groups -OCH3 is 1. The van der Waals surface area contributed by atoms with E-state index in [2.05, 4.69) is 4.98 Å². The molecule has 82 valence electrons. The van der Waals surface area contributed by atoms with Gasteiger partial charge in [0, 0.05) is 11.6 Å². The van der Waals surface area contributed by atoms with Crippen LogP contribution in [0.2, 0.25) is 0 Å². The normalized spacial score (nSPS) is 10.3. The number of aliphatic carboxylic acids is 1. The molecule has 16 heavy (non-hydrogen) atoms. The minimum absolute atomic E-state index is 0.0137. The summed E-state index contributed by atoms with van der Waals surface area (Å²) < 4.78 is 5.10. The molecule has 0 radical (unpaired) electrons. The molecule has 0 aliphatic carbocycles. The van der Waals surface area contributed by atoms with Crippen LogP contribution in [0.4, 0.5) is 0 Å². The Balaban J connectivity index is 2.46. The lowest BCUT2D eigenvalue weighted by atomic mass is 10.1. The topological polar surface area (TPSA) is 59.4 Å². The van der Waals surface area contributed by atoms with E-state index in [0.717, 1.165) is 16.7 Å². The van der Waals surface area contributed by atoms with Crippen molar-refractivity contribution in [2.24, 2.45) is 0 Å². The summed E-state index contributed by atoms with van der Waals surface area (Å²) in [5, 5.41) is 9.57. The predicted molar refractivity (Wildman–Crippen MR) is 59.6 cm³/mol. The maximum absolute atomic E-state index is 10.6. The number of carboxylic acid groups (broad SMARTS) is 1. The molecule has 2 rings (SSSR count). The third kappa shape index (κ3) is 2.11. The molecule has 4 heteroatoms. The molecule has 1 aromatic heterocycles. The molecule has 0 saturated heterocycles. The van der Waals surface area contributed by atoms with Crippen LogP contribution in [0.3, 0.4) is 0 Å². The SMILES string of the molecule is COc1ccc2ncc(CC(=O)O)cc2c1. The van der Waals surface area contributed by atoms with Gasteiger partial charge in [0.05, 0.1) is 19.0 Å². The van der Waals surface area contributed by atoms with Crippen molar-refractivity contribution in [2.75, 3.05) is 7.11 Å². The second kappa shape index (κ2) is 4.18. The molecule has 0 spiro atoms. The van der Waals surface area contributed by atoms with Crippen molar-refractivity contribution in [1.29, 1.82) is 0 Å². The highest BCUT2D eigenvalue weighted by Crippen LogP contribution is 2.20. The summed E-state index contributed by atoms with van der Waals surface area (Å²) in [5.74, 6) is -0.120. The van der Waals surface area contributed by atoms with E-state index in [-0.39, 0.29) is 6.42 Å². The Labute approximate surface area is 92.5 Å². The fourth-order valence-corrected chi connectivity index (χ4v) is 1.55. The molecule has 0 unspecified atom stereocenters. The first-order valence-corrected chi connectivity index (χ1v) is 4.83. The summed E-state index contributed by atoms with van der Waals surface area (Å²) >= 11 is 0. The smallest absolute Gasteiger partial charge is 0.307 e. The number of carboxylic acids is 1.